The molecule has 2 rings (SSSR count). The molecule has 23 heavy (non-hydrogen) atoms. The number of carbonyl (C=O) groups excluding carboxylic acids is 1. The lowest BCUT2D eigenvalue weighted by Gasteiger charge is -2.17. The fraction of sp³-hybridized carbons (Fsp3) is 0.350. The molecule has 1 amide bonds. The van der Waals surface area contributed by atoms with Crippen molar-refractivity contribution in [2.75, 3.05) is 5.75 Å². The Morgan fingerprint density at radius 3 is 2.57 bits per heavy atom. The minimum atomic E-state index is 0.0430. The largest absolute Gasteiger partial charge is 0.349 e. The highest BCUT2D eigenvalue weighted by atomic mass is 32.2. The van der Waals surface area contributed by atoms with Crippen LogP contribution in [0.2, 0.25) is 0 Å². The van der Waals surface area contributed by atoms with Crippen LogP contribution in [0.4, 0.5) is 0 Å². The Bertz CT molecular complexity index is 681. The summed E-state index contributed by atoms with van der Waals surface area (Å²) in [7, 11) is 0. The second kappa shape index (κ2) is 8.21. The lowest BCUT2D eigenvalue weighted by atomic mass is 10.00. The van der Waals surface area contributed by atoms with Gasteiger partial charge in [0.2, 0.25) is 5.91 Å². The Labute approximate surface area is 143 Å². The molecule has 122 valence electrons. The predicted octanol–water partition coefficient (Wildman–Crippen LogP) is 4.72. The average Bonchev–Trinajstić information content (AvgIpc) is 2.51. The molecule has 0 spiro atoms. The number of aryl methyl sites for hydroxylation is 3. The summed E-state index contributed by atoms with van der Waals surface area (Å²) < 4.78 is 0. The van der Waals surface area contributed by atoms with Gasteiger partial charge in [-0.15, -0.1) is 11.8 Å². The van der Waals surface area contributed by atoms with Gasteiger partial charge in [-0.2, -0.15) is 0 Å². The fourth-order valence-electron chi connectivity index (χ4n) is 2.61. The zero-order valence-electron chi connectivity index (χ0n) is 14.3. The fourth-order valence-corrected chi connectivity index (χ4v) is 3.53. The maximum atomic E-state index is 12.2. The van der Waals surface area contributed by atoms with E-state index < -0.39 is 0 Å². The van der Waals surface area contributed by atoms with Gasteiger partial charge in [-0.25, -0.2) is 0 Å². The average molecular weight is 327 g/mol. The number of carbonyl (C=O) groups is 1. The van der Waals surface area contributed by atoms with Gasteiger partial charge in [0.25, 0.3) is 0 Å². The Hall–Kier alpha value is -1.74. The molecule has 0 aromatic heterocycles. The Morgan fingerprint density at radius 1 is 1.09 bits per heavy atom. The summed E-state index contributed by atoms with van der Waals surface area (Å²) in [6.45, 7) is 8.32. The molecule has 0 aliphatic carbocycles. The normalized spacial score (nSPS) is 12.0. The van der Waals surface area contributed by atoms with E-state index in [0.29, 0.717) is 5.75 Å². The first kappa shape index (κ1) is 17.6. The van der Waals surface area contributed by atoms with E-state index in [1.54, 1.807) is 11.8 Å². The van der Waals surface area contributed by atoms with Gasteiger partial charge >= 0.3 is 0 Å². The molecule has 2 aromatic carbocycles. The van der Waals surface area contributed by atoms with Crippen LogP contribution in [-0.2, 0) is 10.5 Å². The number of rotatable bonds is 6. The summed E-state index contributed by atoms with van der Waals surface area (Å²) in [6.07, 6.45) is 0. The van der Waals surface area contributed by atoms with E-state index in [-0.39, 0.29) is 11.9 Å². The molecule has 0 heterocycles. The second-order valence-corrected chi connectivity index (χ2v) is 7.05. The maximum Gasteiger partial charge on any atom is 0.230 e. The molecular weight excluding hydrogens is 302 g/mol. The molecule has 0 bridgehead atoms. The van der Waals surface area contributed by atoms with Crippen molar-refractivity contribution >= 4 is 17.7 Å². The molecule has 0 aliphatic rings. The van der Waals surface area contributed by atoms with Crippen molar-refractivity contribution < 1.29 is 4.79 Å². The van der Waals surface area contributed by atoms with Crippen LogP contribution in [0.5, 0.6) is 0 Å². The van der Waals surface area contributed by atoms with Crippen molar-refractivity contribution in [1.82, 2.24) is 5.32 Å². The minimum absolute atomic E-state index is 0.0430. The van der Waals surface area contributed by atoms with Crippen molar-refractivity contribution in [1.29, 1.82) is 0 Å². The standard InChI is InChI=1S/C20H25NOS/c1-14-9-10-16(3)19(11-14)17(4)21-20(22)13-23-12-18-8-6-5-7-15(18)2/h5-11,17H,12-13H2,1-4H3,(H,21,22)/t17-/m0/s1. The lowest BCUT2D eigenvalue weighted by molar-refractivity contribution is -0.119. The number of amides is 1. The van der Waals surface area contributed by atoms with Crippen LogP contribution in [0, 0.1) is 20.8 Å². The first-order valence-corrected chi connectivity index (χ1v) is 9.11. The monoisotopic (exact) mass is 327 g/mol. The summed E-state index contributed by atoms with van der Waals surface area (Å²) in [5.74, 6) is 1.46. The van der Waals surface area contributed by atoms with E-state index in [1.165, 1.54) is 27.8 Å². The third-order valence-electron chi connectivity index (χ3n) is 4.03. The lowest BCUT2D eigenvalue weighted by Crippen LogP contribution is -2.28. The van der Waals surface area contributed by atoms with Gasteiger partial charge in [0.05, 0.1) is 11.8 Å². The van der Waals surface area contributed by atoms with E-state index in [0.717, 1.165) is 5.75 Å². The zero-order chi connectivity index (χ0) is 16.8. The number of benzene rings is 2. The van der Waals surface area contributed by atoms with Crippen molar-refractivity contribution in [2.24, 2.45) is 0 Å². The molecule has 0 fully saturated rings. The van der Waals surface area contributed by atoms with E-state index in [2.05, 4.69) is 56.4 Å². The smallest absolute Gasteiger partial charge is 0.230 e. The molecule has 0 saturated carbocycles. The highest BCUT2D eigenvalue weighted by Crippen LogP contribution is 2.20. The summed E-state index contributed by atoms with van der Waals surface area (Å²) in [5.41, 5.74) is 6.22. The van der Waals surface area contributed by atoms with Crippen molar-refractivity contribution in [3.8, 4) is 0 Å². The van der Waals surface area contributed by atoms with Gasteiger partial charge in [-0.05, 0) is 49.9 Å². The van der Waals surface area contributed by atoms with Crippen LogP contribution in [0.25, 0.3) is 0 Å². The molecule has 2 nitrogen and oxygen atoms in total. The highest BCUT2D eigenvalue weighted by Gasteiger charge is 2.12. The minimum Gasteiger partial charge on any atom is -0.349 e. The molecule has 2 aromatic rings. The molecule has 1 N–H and O–H groups in total. The van der Waals surface area contributed by atoms with Gasteiger partial charge in [0.1, 0.15) is 0 Å². The van der Waals surface area contributed by atoms with Crippen molar-refractivity contribution in [3.05, 3.63) is 70.3 Å². The Kier molecular flexibility index (Phi) is 6.28. The quantitative estimate of drug-likeness (QED) is 0.831. The van der Waals surface area contributed by atoms with Crippen LogP contribution < -0.4 is 5.32 Å². The Morgan fingerprint density at radius 2 is 1.83 bits per heavy atom. The first-order chi connectivity index (χ1) is 11.0. The summed E-state index contributed by atoms with van der Waals surface area (Å²) >= 11 is 1.66. The molecule has 1 atom stereocenters. The molecule has 3 heteroatoms. The number of thioether (sulfide) groups is 1. The molecular formula is C20H25NOS. The second-order valence-electron chi connectivity index (χ2n) is 6.07. The SMILES string of the molecule is Cc1ccc(C)c([C@H](C)NC(=O)CSCc2ccccc2C)c1. The molecule has 0 saturated heterocycles. The number of hydrogen-bond donors (Lipinski definition) is 1. The third kappa shape index (κ3) is 5.14. The number of nitrogens with one attached hydrogen (secondary N) is 1. The van der Waals surface area contributed by atoms with E-state index in [1.807, 2.05) is 19.1 Å². The Balaban J connectivity index is 1.85. The molecule has 0 aliphatic heterocycles. The van der Waals surface area contributed by atoms with Crippen molar-refractivity contribution in [3.63, 3.8) is 0 Å². The zero-order valence-corrected chi connectivity index (χ0v) is 15.2. The first-order valence-electron chi connectivity index (χ1n) is 7.96. The topological polar surface area (TPSA) is 29.1 Å². The molecule has 0 radical (unpaired) electrons. The van der Waals surface area contributed by atoms with Crippen molar-refractivity contribution in [2.45, 2.75) is 39.5 Å². The van der Waals surface area contributed by atoms with E-state index in [4.69, 9.17) is 0 Å². The van der Waals surface area contributed by atoms with Gasteiger partial charge in [0, 0.05) is 5.75 Å². The number of hydrogen-bond acceptors (Lipinski definition) is 2. The van der Waals surface area contributed by atoms with Crippen LogP contribution in [-0.4, -0.2) is 11.7 Å². The van der Waals surface area contributed by atoms with E-state index >= 15 is 0 Å². The van der Waals surface area contributed by atoms with E-state index in [9.17, 15) is 4.79 Å². The van der Waals surface area contributed by atoms with Gasteiger partial charge in [-0.1, -0.05) is 48.0 Å². The third-order valence-corrected chi connectivity index (χ3v) is 5.01. The van der Waals surface area contributed by atoms with Gasteiger partial charge in [-0.3, -0.25) is 4.79 Å². The summed E-state index contributed by atoms with van der Waals surface area (Å²) in [4.78, 5) is 12.2. The summed E-state index contributed by atoms with van der Waals surface area (Å²) in [5, 5.41) is 3.11. The van der Waals surface area contributed by atoms with Crippen LogP contribution in [0.3, 0.4) is 0 Å². The molecule has 0 unspecified atom stereocenters. The van der Waals surface area contributed by atoms with Gasteiger partial charge < -0.3 is 5.32 Å². The maximum absolute atomic E-state index is 12.2. The predicted molar refractivity (Wildman–Crippen MR) is 99.8 cm³/mol. The summed E-state index contributed by atoms with van der Waals surface area (Å²) in [6, 6.07) is 14.7. The highest BCUT2D eigenvalue weighted by molar-refractivity contribution is 7.99. The van der Waals surface area contributed by atoms with Crippen LogP contribution in [0.1, 0.15) is 40.8 Å². The van der Waals surface area contributed by atoms with Crippen LogP contribution >= 0.6 is 11.8 Å². The van der Waals surface area contributed by atoms with Gasteiger partial charge in [0.15, 0.2) is 0 Å². The van der Waals surface area contributed by atoms with Crippen LogP contribution in [0.15, 0.2) is 42.5 Å².